The zero-order chi connectivity index (χ0) is 16.0. The molecule has 0 aliphatic heterocycles. The third kappa shape index (κ3) is 5.44. The number of aliphatic hydroxyl groups is 1. The first-order valence-corrected chi connectivity index (χ1v) is 7.35. The molecule has 5 nitrogen and oxygen atoms in total. The van der Waals surface area contributed by atoms with Gasteiger partial charge in [0.05, 0.1) is 12.6 Å². The molecule has 0 saturated carbocycles. The Balaban J connectivity index is 2.66. The second-order valence-corrected chi connectivity index (χ2v) is 5.56. The van der Waals surface area contributed by atoms with Gasteiger partial charge in [0.1, 0.15) is 5.75 Å². The predicted octanol–water partition coefficient (Wildman–Crippen LogP) is 3.11. The van der Waals surface area contributed by atoms with Crippen LogP contribution in [0.1, 0.15) is 32.4 Å². The molecular weight excluding hydrogens is 294 g/mol. The summed E-state index contributed by atoms with van der Waals surface area (Å²) in [5, 5.41) is 19.6. The summed E-state index contributed by atoms with van der Waals surface area (Å²) in [5.41, 5.74) is -0.169. The minimum atomic E-state index is -0.905. The average Bonchev–Trinajstić information content (AvgIpc) is 2.44. The molecule has 1 amide bonds. The molecule has 1 aromatic carbocycles. The minimum absolute atomic E-state index is 0.00492. The summed E-state index contributed by atoms with van der Waals surface area (Å²) in [6.45, 7) is 5.94. The Kier molecular flexibility index (Phi) is 6.78. The maximum atomic E-state index is 12.0. The number of likely N-dealkylation sites (N-methyl/N-ethyl adjacent to an activating group) is 1. The van der Waals surface area contributed by atoms with Crippen LogP contribution in [0.5, 0.6) is 5.75 Å². The topological polar surface area (TPSA) is 70.0 Å². The highest BCUT2D eigenvalue weighted by atomic mass is 35.5. The van der Waals surface area contributed by atoms with Crippen molar-refractivity contribution in [2.45, 2.75) is 32.4 Å². The van der Waals surface area contributed by atoms with Gasteiger partial charge < -0.3 is 19.8 Å². The van der Waals surface area contributed by atoms with E-state index in [1.54, 1.807) is 19.1 Å². The standard InChI is InChI=1S/C15H22ClNO4/c1-4-17(15(20)21-14(16)10(2)3)9-13(19)11-6-5-7-12(18)8-11/h5-8,10,13-14,18-19H,4,9H2,1-3H3. The number of phenols is 1. The summed E-state index contributed by atoms with van der Waals surface area (Å²) in [5.74, 6) is 0.0723. The van der Waals surface area contributed by atoms with Gasteiger partial charge in [-0.05, 0) is 24.6 Å². The van der Waals surface area contributed by atoms with Gasteiger partial charge in [-0.1, -0.05) is 37.6 Å². The van der Waals surface area contributed by atoms with Gasteiger partial charge in [-0.2, -0.15) is 0 Å². The number of aromatic hydroxyl groups is 1. The van der Waals surface area contributed by atoms with Gasteiger partial charge in [0.15, 0.2) is 5.56 Å². The number of halogens is 1. The first-order chi connectivity index (χ1) is 9.85. The smallest absolute Gasteiger partial charge is 0.411 e. The number of carbonyl (C=O) groups excluding carboxylic acids is 1. The van der Waals surface area contributed by atoms with E-state index < -0.39 is 17.8 Å². The van der Waals surface area contributed by atoms with Crippen LogP contribution in [0.3, 0.4) is 0 Å². The normalized spacial score (nSPS) is 13.8. The number of hydrogen-bond donors (Lipinski definition) is 2. The van der Waals surface area contributed by atoms with E-state index in [0.717, 1.165) is 0 Å². The van der Waals surface area contributed by atoms with Crippen LogP contribution < -0.4 is 0 Å². The second kappa shape index (κ2) is 8.10. The van der Waals surface area contributed by atoms with E-state index >= 15 is 0 Å². The molecule has 6 heteroatoms. The molecule has 0 saturated heterocycles. The number of phenolic OH excluding ortho intramolecular Hbond substituents is 1. The van der Waals surface area contributed by atoms with E-state index in [-0.39, 0.29) is 18.2 Å². The fourth-order valence-corrected chi connectivity index (χ4v) is 1.76. The molecule has 0 fully saturated rings. The highest BCUT2D eigenvalue weighted by molar-refractivity contribution is 6.20. The van der Waals surface area contributed by atoms with Gasteiger partial charge in [0.25, 0.3) is 0 Å². The van der Waals surface area contributed by atoms with Crippen molar-refractivity contribution in [3.8, 4) is 5.75 Å². The molecule has 118 valence electrons. The Hall–Kier alpha value is -1.46. The van der Waals surface area contributed by atoms with Gasteiger partial charge in [-0.15, -0.1) is 0 Å². The summed E-state index contributed by atoms with van der Waals surface area (Å²) in [6, 6.07) is 6.29. The van der Waals surface area contributed by atoms with E-state index in [4.69, 9.17) is 16.3 Å². The number of aliphatic hydroxyl groups excluding tert-OH is 1. The van der Waals surface area contributed by atoms with E-state index in [1.807, 2.05) is 13.8 Å². The molecule has 0 bridgehead atoms. The summed E-state index contributed by atoms with van der Waals surface area (Å²) < 4.78 is 5.12. The third-order valence-corrected chi connectivity index (χ3v) is 3.62. The van der Waals surface area contributed by atoms with Crippen LogP contribution in [0, 0.1) is 5.92 Å². The van der Waals surface area contributed by atoms with Crippen LogP contribution in [-0.2, 0) is 4.74 Å². The summed E-state index contributed by atoms with van der Waals surface area (Å²) in [4.78, 5) is 13.3. The fourth-order valence-electron chi connectivity index (χ4n) is 1.69. The molecule has 0 radical (unpaired) electrons. The molecule has 21 heavy (non-hydrogen) atoms. The van der Waals surface area contributed by atoms with Crippen molar-refractivity contribution in [3.05, 3.63) is 29.8 Å². The monoisotopic (exact) mass is 315 g/mol. The number of benzene rings is 1. The Labute approximate surface area is 130 Å². The lowest BCUT2D eigenvalue weighted by molar-refractivity contribution is 0.0574. The van der Waals surface area contributed by atoms with Crippen molar-refractivity contribution in [1.29, 1.82) is 0 Å². The highest BCUT2D eigenvalue weighted by Gasteiger charge is 2.22. The maximum Gasteiger partial charge on any atom is 0.411 e. The Bertz CT molecular complexity index is 467. The van der Waals surface area contributed by atoms with Crippen LogP contribution in [0.2, 0.25) is 0 Å². The van der Waals surface area contributed by atoms with Crippen LogP contribution in [0.15, 0.2) is 24.3 Å². The van der Waals surface area contributed by atoms with Crippen molar-refractivity contribution < 1.29 is 19.7 Å². The van der Waals surface area contributed by atoms with Crippen molar-refractivity contribution in [2.24, 2.45) is 5.92 Å². The van der Waals surface area contributed by atoms with E-state index in [0.29, 0.717) is 12.1 Å². The number of hydrogen-bond acceptors (Lipinski definition) is 4. The quantitative estimate of drug-likeness (QED) is 0.791. The summed E-state index contributed by atoms with van der Waals surface area (Å²) in [6.07, 6.45) is -1.47. The van der Waals surface area contributed by atoms with Gasteiger partial charge in [0.2, 0.25) is 0 Å². The molecule has 0 aromatic heterocycles. The number of alkyl halides is 1. The molecule has 1 aromatic rings. The van der Waals surface area contributed by atoms with Gasteiger partial charge in [-0.25, -0.2) is 4.79 Å². The molecular formula is C15H22ClNO4. The van der Waals surface area contributed by atoms with E-state index in [2.05, 4.69) is 0 Å². The second-order valence-electron chi connectivity index (χ2n) is 5.13. The lowest BCUT2D eigenvalue weighted by Crippen LogP contribution is -2.37. The number of carbonyl (C=O) groups is 1. The molecule has 0 aliphatic rings. The molecule has 2 N–H and O–H groups in total. The SMILES string of the molecule is CCN(CC(O)c1cccc(O)c1)C(=O)OC(Cl)C(C)C. The summed E-state index contributed by atoms with van der Waals surface area (Å²) >= 11 is 5.92. The molecule has 1 rings (SSSR count). The van der Waals surface area contributed by atoms with Crippen LogP contribution in [0.25, 0.3) is 0 Å². The highest BCUT2D eigenvalue weighted by Crippen LogP contribution is 2.20. The third-order valence-electron chi connectivity index (χ3n) is 3.03. The first-order valence-electron chi connectivity index (χ1n) is 6.91. The number of amides is 1. The summed E-state index contributed by atoms with van der Waals surface area (Å²) in [7, 11) is 0. The van der Waals surface area contributed by atoms with Crippen LogP contribution >= 0.6 is 11.6 Å². The largest absolute Gasteiger partial charge is 0.508 e. The molecule has 0 heterocycles. The van der Waals surface area contributed by atoms with Crippen molar-refractivity contribution >= 4 is 17.7 Å². The lowest BCUT2D eigenvalue weighted by atomic mass is 10.1. The van der Waals surface area contributed by atoms with Gasteiger partial charge in [-0.3, -0.25) is 0 Å². The first kappa shape index (κ1) is 17.6. The zero-order valence-electron chi connectivity index (χ0n) is 12.5. The van der Waals surface area contributed by atoms with Gasteiger partial charge >= 0.3 is 6.09 Å². The van der Waals surface area contributed by atoms with Crippen LogP contribution in [0.4, 0.5) is 4.79 Å². The van der Waals surface area contributed by atoms with E-state index in [1.165, 1.54) is 17.0 Å². The molecule has 2 unspecified atom stereocenters. The fraction of sp³-hybridized carbons (Fsp3) is 0.533. The number of nitrogens with zero attached hydrogens (tertiary/aromatic N) is 1. The minimum Gasteiger partial charge on any atom is -0.508 e. The molecule has 2 atom stereocenters. The predicted molar refractivity (Wildman–Crippen MR) is 81.3 cm³/mol. The van der Waals surface area contributed by atoms with Gasteiger partial charge in [0, 0.05) is 12.5 Å². The Morgan fingerprint density at radius 3 is 2.62 bits per heavy atom. The molecule has 0 aliphatic carbocycles. The zero-order valence-corrected chi connectivity index (χ0v) is 13.2. The number of ether oxygens (including phenoxy) is 1. The average molecular weight is 316 g/mol. The molecule has 0 spiro atoms. The van der Waals surface area contributed by atoms with Crippen molar-refractivity contribution in [3.63, 3.8) is 0 Å². The van der Waals surface area contributed by atoms with Crippen molar-refractivity contribution in [1.82, 2.24) is 4.90 Å². The lowest BCUT2D eigenvalue weighted by Gasteiger charge is -2.25. The Morgan fingerprint density at radius 1 is 1.43 bits per heavy atom. The van der Waals surface area contributed by atoms with Crippen LogP contribution in [-0.4, -0.2) is 39.9 Å². The number of rotatable bonds is 6. The Morgan fingerprint density at radius 2 is 2.10 bits per heavy atom. The van der Waals surface area contributed by atoms with Crippen molar-refractivity contribution in [2.75, 3.05) is 13.1 Å². The van der Waals surface area contributed by atoms with E-state index in [9.17, 15) is 15.0 Å². The maximum absolute atomic E-state index is 12.0.